The predicted molar refractivity (Wildman–Crippen MR) is 165 cm³/mol. The number of nitrogens with zero attached hydrogens (tertiary/aromatic N) is 4. The van der Waals surface area contributed by atoms with Crippen molar-refractivity contribution in [2.75, 3.05) is 6.61 Å². The number of hydrogen-bond acceptors (Lipinski definition) is 8. The number of ether oxygens (including phenoxy) is 1. The molecular formula is C32H26F2N6O3S. The van der Waals surface area contributed by atoms with Crippen LogP contribution in [-0.4, -0.2) is 49.1 Å². The normalized spacial score (nSPS) is 12.8. The SMILES string of the molecule is C=CC(=O)NC(C)c1cc(-c2nc(-c3ccc4cnncc4c3)c3ccsc3c2-c2c(F)cc(F)cc2OCC(C)O)n[nH]1. The number of aromatic amines is 1. The summed E-state index contributed by atoms with van der Waals surface area (Å²) in [6, 6.07) is 10.8. The molecule has 0 aliphatic heterocycles. The zero-order chi connectivity index (χ0) is 31.0. The summed E-state index contributed by atoms with van der Waals surface area (Å²) >= 11 is 1.37. The van der Waals surface area contributed by atoms with Gasteiger partial charge in [-0.2, -0.15) is 15.3 Å². The third-order valence-corrected chi connectivity index (χ3v) is 7.96. The highest BCUT2D eigenvalue weighted by Crippen LogP contribution is 2.47. The van der Waals surface area contributed by atoms with Crippen LogP contribution in [0.15, 0.2) is 72.9 Å². The van der Waals surface area contributed by atoms with Crippen LogP contribution < -0.4 is 10.1 Å². The van der Waals surface area contributed by atoms with Crippen molar-refractivity contribution in [1.82, 2.24) is 30.7 Å². The summed E-state index contributed by atoms with van der Waals surface area (Å²) in [4.78, 5) is 17.0. The molecule has 222 valence electrons. The molecule has 12 heteroatoms. The second kappa shape index (κ2) is 11.9. The van der Waals surface area contributed by atoms with E-state index < -0.39 is 23.8 Å². The molecule has 6 aromatic rings. The number of fused-ring (bicyclic) bond motifs is 2. The van der Waals surface area contributed by atoms with Crippen LogP contribution in [0, 0.1) is 11.6 Å². The van der Waals surface area contributed by atoms with Crippen molar-refractivity contribution in [3.63, 3.8) is 0 Å². The smallest absolute Gasteiger partial charge is 0.243 e. The standard InChI is InChI=1S/C32H26F2N6O3S/c1-4-27(42)37-17(3)24-12-25(40-39-24)31-29(28-23(34)10-21(33)11-26(28)43-15-16(2)41)32-22(7-8-44-32)30(38-31)18-5-6-19-13-35-36-14-20(19)9-18/h4-14,16-17,41H,1,15H2,2-3H3,(H,37,42)(H,39,40). The summed E-state index contributed by atoms with van der Waals surface area (Å²) in [5, 5.41) is 32.4. The van der Waals surface area contributed by atoms with Crippen LogP contribution in [0.1, 0.15) is 25.6 Å². The molecule has 0 bridgehead atoms. The molecule has 1 amide bonds. The lowest BCUT2D eigenvalue weighted by atomic mass is 9.96. The quantitative estimate of drug-likeness (QED) is 0.162. The van der Waals surface area contributed by atoms with Crippen LogP contribution in [0.3, 0.4) is 0 Å². The second-order valence-corrected chi connectivity index (χ2v) is 11.2. The van der Waals surface area contributed by atoms with Crippen molar-refractivity contribution in [3.05, 3.63) is 90.2 Å². The Morgan fingerprint density at radius 3 is 2.66 bits per heavy atom. The van der Waals surface area contributed by atoms with E-state index in [1.807, 2.05) is 29.6 Å². The first kappa shape index (κ1) is 29.0. The van der Waals surface area contributed by atoms with Crippen LogP contribution >= 0.6 is 11.3 Å². The van der Waals surface area contributed by atoms with Gasteiger partial charge in [0.25, 0.3) is 0 Å². The number of amides is 1. The van der Waals surface area contributed by atoms with Crippen LogP contribution in [0.5, 0.6) is 5.75 Å². The molecule has 0 fully saturated rings. The molecule has 44 heavy (non-hydrogen) atoms. The van der Waals surface area contributed by atoms with E-state index in [9.17, 15) is 14.3 Å². The molecule has 4 aromatic heterocycles. The molecule has 0 spiro atoms. The highest BCUT2D eigenvalue weighted by atomic mass is 32.1. The zero-order valence-corrected chi connectivity index (χ0v) is 24.5. The molecule has 0 saturated heterocycles. The zero-order valence-electron chi connectivity index (χ0n) is 23.6. The van der Waals surface area contributed by atoms with Crippen molar-refractivity contribution < 1.29 is 23.4 Å². The maximum atomic E-state index is 15.9. The van der Waals surface area contributed by atoms with E-state index in [1.165, 1.54) is 24.3 Å². The highest BCUT2D eigenvalue weighted by Gasteiger charge is 2.27. The van der Waals surface area contributed by atoms with Crippen molar-refractivity contribution in [3.8, 4) is 39.5 Å². The van der Waals surface area contributed by atoms with Gasteiger partial charge < -0.3 is 15.2 Å². The van der Waals surface area contributed by atoms with Gasteiger partial charge in [-0.05, 0) is 43.5 Å². The van der Waals surface area contributed by atoms with E-state index in [2.05, 4.69) is 32.3 Å². The number of H-pyrrole nitrogens is 1. The number of aliphatic hydroxyl groups is 1. The third-order valence-electron chi connectivity index (χ3n) is 7.03. The molecule has 9 nitrogen and oxygen atoms in total. The minimum Gasteiger partial charge on any atom is -0.490 e. The molecule has 3 N–H and O–H groups in total. The Kier molecular flexibility index (Phi) is 7.85. The van der Waals surface area contributed by atoms with E-state index in [0.29, 0.717) is 33.0 Å². The number of carbonyl (C=O) groups excluding carboxylic acids is 1. The average molecular weight is 613 g/mol. The Labute approximate surface area is 254 Å². The van der Waals surface area contributed by atoms with E-state index in [0.717, 1.165) is 33.9 Å². The lowest BCUT2D eigenvalue weighted by Gasteiger charge is -2.18. The molecule has 0 aliphatic rings. The van der Waals surface area contributed by atoms with Gasteiger partial charge in [-0.25, -0.2) is 13.8 Å². The molecular weight excluding hydrogens is 586 g/mol. The summed E-state index contributed by atoms with van der Waals surface area (Å²) in [6.45, 7) is 6.60. The number of pyridine rings is 1. The first-order valence-electron chi connectivity index (χ1n) is 13.6. The van der Waals surface area contributed by atoms with Gasteiger partial charge in [0.2, 0.25) is 5.91 Å². The Bertz CT molecular complexity index is 2040. The molecule has 0 aliphatic carbocycles. The number of rotatable bonds is 9. The van der Waals surface area contributed by atoms with Crippen molar-refractivity contribution in [1.29, 1.82) is 0 Å². The Morgan fingerprint density at radius 1 is 1.09 bits per heavy atom. The molecule has 0 saturated carbocycles. The van der Waals surface area contributed by atoms with E-state index in [-0.39, 0.29) is 23.8 Å². The molecule has 2 atom stereocenters. The summed E-state index contributed by atoms with van der Waals surface area (Å²) in [7, 11) is 0. The fourth-order valence-corrected chi connectivity index (χ4v) is 5.90. The van der Waals surface area contributed by atoms with Crippen LogP contribution in [-0.2, 0) is 4.79 Å². The van der Waals surface area contributed by atoms with Gasteiger partial charge in [0.1, 0.15) is 35.4 Å². The number of halogens is 2. The molecule has 0 radical (unpaired) electrons. The topological polar surface area (TPSA) is 126 Å². The van der Waals surface area contributed by atoms with Crippen LogP contribution in [0.2, 0.25) is 0 Å². The first-order chi connectivity index (χ1) is 21.2. The van der Waals surface area contributed by atoms with Gasteiger partial charge in [-0.15, -0.1) is 11.3 Å². The minimum absolute atomic E-state index is 0.0140. The summed E-state index contributed by atoms with van der Waals surface area (Å²) in [6.07, 6.45) is 3.63. The first-order valence-corrected chi connectivity index (χ1v) is 14.5. The second-order valence-electron chi connectivity index (χ2n) is 10.2. The highest BCUT2D eigenvalue weighted by molar-refractivity contribution is 7.18. The van der Waals surface area contributed by atoms with Gasteiger partial charge in [0.15, 0.2) is 0 Å². The molecule has 2 aromatic carbocycles. The maximum Gasteiger partial charge on any atom is 0.243 e. The van der Waals surface area contributed by atoms with Crippen molar-refractivity contribution >= 4 is 38.1 Å². The maximum absolute atomic E-state index is 15.9. The van der Waals surface area contributed by atoms with Crippen molar-refractivity contribution in [2.45, 2.75) is 26.0 Å². The summed E-state index contributed by atoms with van der Waals surface area (Å²) in [5.41, 5.74) is 2.98. The Morgan fingerprint density at radius 2 is 1.89 bits per heavy atom. The van der Waals surface area contributed by atoms with E-state index >= 15 is 4.39 Å². The van der Waals surface area contributed by atoms with Crippen LogP contribution in [0.25, 0.3) is 54.6 Å². The Hall–Kier alpha value is -5.07. The minimum atomic E-state index is -0.880. The van der Waals surface area contributed by atoms with Gasteiger partial charge in [-0.1, -0.05) is 18.7 Å². The number of benzene rings is 2. The largest absolute Gasteiger partial charge is 0.490 e. The Balaban J connectivity index is 1.63. The number of nitrogens with one attached hydrogen (secondary N) is 2. The summed E-state index contributed by atoms with van der Waals surface area (Å²) in [5.74, 6) is -2.12. The van der Waals surface area contributed by atoms with Crippen LogP contribution in [0.4, 0.5) is 8.78 Å². The van der Waals surface area contributed by atoms with Gasteiger partial charge in [-0.3, -0.25) is 9.89 Å². The average Bonchev–Trinajstić information content (AvgIpc) is 3.70. The molecule has 4 heterocycles. The fourth-order valence-electron chi connectivity index (χ4n) is 4.95. The predicted octanol–water partition coefficient (Wildman–Crippen LogP) is 6.36. The third kappa shape index (κ3) is 5.52. The molecule has 6 rings (SSSR count). The van der Waals surface area contributed by atoms with Gasteiger partial charge in [0, 0.05) is 44.1 Å². The number of thiophene rings is 1. The lowest BCUT2D eigenvalue weighted by Crippen LogP contribution is -2.24. The van der Waals surface area contributed by atoms with Gasteiger partial charge in [0.05, 0.1) is 41.5 Å². The number of aliphatic hydroxyl groups excluding tert-OH is 1. The van der Waals surface area contributed by atoms with Gasteiger partial charge >= 0.3 is 0 Å². The van der Waals surface area contributed by atoms with E-state index in [4.69, 9.17) is 9.72 Å². The fraction of sp³-hybridized carbons (Fsp3) is 0.156. The number of hydrogen-bond donors (Lipinski definition) is 3. The summed E-state index contributed by atoms with van der Waals surface area (Å²) < 4.78 is 36.8. The lowest BCUT2D eigenvalue weighted by molar-refractivity contribution is -0.117. The molecule has 2 unspecified atom stereocenters. The number of carbonyl (C=O) groups is 1. The monoisotopic (exact) mass is 612 g/mol. The number of aromatic nitrogens is 5. The van der Waals surface area contributed by atoms with Crippen molar-refractivity contribution in [2.24, 2.45) is 0 Å². The van der Waals surface area contributed by atoms with E-state index in [1.54, 1.807) is 25.4 Å².